The second kappa shape index (κ2) is 8.41. The van der Waals surface area contributed by atoms with Crippen molar-refractivity contribution in [3.05, 3.63) is 84.8 Å². The average molecular weight is 406 g/mol. The summed E-state index contributed by atoms with van der Waals surface area (Å²) >= 11 is 1.41. The normalized spacial score (nSPS) is 10.3. The van der Waals surface area contributed by atoms with Gasteiger partial charge in [0, 0.05) is 10.8 Å². The van der Waals surface area contributed by atoms with Crippen LogP contribution in [0.3, 0.4) is 0 Å². The Morgan fingerprint density at radius 3 is 2.83 bits per heavy atom. The number of carboxylic acid groups (broad SMARTS) is 1. The van der Waals surface area contributed by atoms with Crippen molar-refractivity contribution >= 4 is 49.6 Å². The SMILES string of the molecule is O=C(O)c1cc2cccc(c2)occoccccc2csc3ncnc(o1)c23. The highest BCUT2D eigenvalue weighted by Gasteiger charge is 2.09. The van der Waals surface area contributed by atoms with Gasteiger partial charge in [0.1, 0.15) is 29.3 Å². The van der Waals surface area contributed by atoms with Crippen LogP contribution >= 0.6 is 11.3 Å². The predicted molar refractivity (Wildman–Crippen MR) is 109 cm³/mol. The van der Waals surface area contributed by atoms with E-state index in [2.05, 4.69) is 9.97 Å². The van der Waals surface area contributed by atoms with Crippen LogP contribution < -0.4 is 0 Å². The molecule has 1 aromatic carbocycles. The van der Waals surface area contributed by atoms with Gasteiger partial charge >= 0.3 is 5.97 Å². The molecule has 7 nitrogen and oxygen atoms in total. The van der Waals surface area contributed by atoms with E-state index in [0.717, 1.165) is 5.39 Å². The standard InChI is InChI=1S/C21H14N2O5S/c24-21(25)17-11-14-4-3-6-16(10-14)27-9-8-26-7-2-1-5-15-12-29-20-18(15)19(28-17)22-13-23-20/h1-13H,(H,24,25). The van der Waals surface area contributed by atoms with Crippen LogP contribution in [0.5, 0.6) is 0 Å². The van der Waals surface area contributed by atoms with E-state index < -0.39 is 5.97 Å². The summed E-state index contributed by atoms with van der Waals surface area (Å²) < 4.78 is 16.4. The smallest absolute Gasteiger partial charge is 0.371 e. The molecule has 8 heteroatoms. The third kappa shape index (κ3) is 4.33. The molecule has 1 N–H and O–H groups in total. The van der Waals surface area contributed by atoms with E-state index in [9.17, 15) is 9.90 Å². The molecule has 0 saturated carbocycles. The number of benzene rings is 1. The number of hydrogen-bond acceptors (Lipinski definition) is 7. The summed E-state index contributed by atoms with van der Waals surface area (Å²) in [7, 11) is 0. The summed E-state index contributed by atoms with van der Waals surface area (Å²) in [5.74, 6) is -1.49. The predicted octanol–water partition coefficient (Wildman–Crippen LogP) is 5.85. The van der Waals surface area contributed by atoms with Crippen molar-refractivity contribution in [2.24, 2.45) is 0 Å². The molecule has 4 rings (SSSR count). The fraction of sp³-hybridized carbons (Fsp3) is 0. The minimum atomic E-state index is -1.22. The minimum Gasteiger partial charge on any atom is -0.475 e. The van der Waals surface area contributed by atoms with Crippen LogP contribution in [-0.2, 0) is 0 Å². The molecule has 4 aromatic rings. The molecule has 3 aromatic heterocycles. The zero-order valence-electron chi connectivity index (χ0n) is 14.9. The van der Waals surface area contributed by atoms with Gasteiger partial charge in [-0.2, -0.15) is 0 Å². The third-order valence-electron chi connectivity index (χ3n) is 3.82. The largest absolute Gasteiger partial charge is 0.475 e. The Hall–Kier alpha value is -3.91. The topological polar surface area (TPSA) is 102 Å². The molecule has 144 valence electrons. The molecule has 2 bridgehead atoms. The van der Waals surface area contributed by atoms with Crippen LogP contribution in [-0.4, -0.2) is 21.0 Å². The number of rotatable bonds is 1. The number of aromatic carboxylic acids is 1. The van der Waals surface area contributed by atoms with Crippen molar-refractivity contribution in [3.63, 3.8) is 0 Å². The second-order valence-electron chi connectivity index (χ2n) is 5.75. The van der Waals surface area contributed by atoms with E-state index in [1.54, 1.807) is 36.4 Å². The van der Waals surface area contributed by atoms with Crippen LogP contribution in [0.25, 0.3) is 32.3 Å². The molecule has 3 heterocycles. The summed E-state index contributed by atoms with van der Waals surface area (Å²) in [5, 5.41) is 13.6. The molecule has 0 aliphatic rings. The number of hydrogen-bond donors (Lipinski definition) is 1. The van der Waals surface area contributed by atoms with E-state index >= 15 is 0 Å². The second-order valence-corrected chi connectivity index (χ2v) is 6.61. The Labute approximate surface area is 167 Å². The highest BCUT2D eigenvalue weighted by molar-refractivity contribution is 7.17. The van der Waals surface area contributed by atoms with E-state index in [0.29, 0.717) is 21.2 Å². The van der Waals surface area contributed by atoms with Gasteiger partial charge in [0.2, 0.25) is 11.5 Å². The fourth-order valence-electron chi connectivity index (χ4n) is 2.57. The van der Waals surface area contributed by atoms with Crippen LogP contribution in [0.15, 0.2) is 92.3 Å². The van der Waals surface area contributed by atoms with Gasteiger partial charge < -0.3 is 18.4 Å². The van der Waals surface area contributed by atoms with Gasteiger partial charge in [-0.3, -0.25) is 0 Å². The molecule has 0 fully saturated rings. The summed E-state index contributed by atoms with van der Waals surface area (Å²) in [6.07, 6.45) is 5.62. The lowest BCUT2D eigenvalue weighted by molar-refractivity contribution is 0.0663. The first kappa shape index (κ1) is 18.5. The molecule has 0 aliphatic heterocycles. The minimum absolute atomic E-state index is 0.170. The van der Waals surface area contributed by atoms with Crippen LogP contribution in [0, 0.1) is 0 Å². The number of aromatic nitrogens is 2. The van der Waals surface area contributed by atoms with Crippen molar-refractivity contribution in [2.45, 2.75) is 0 Å². The summed E-state index contributed by atoms with van der Waals surface area (Å²) in [5.41, 5.74) is 0.684. The van der Waals surface area contributed by atoms with E-state index in [4.69, 9.17) is 13.3 Å². The van der Waals surface area contributed by atoms with Gasteiger partial charge in [0.25, 0.3) is 0 Å². The monoisotopic (exact) mass is 406 g/mol. The number of fused-ring (bicyclic) bond motifs is 2. The quantitative estimate of drug-likeness (QED) is 0.423. The molecule has 0 atom stereocenters. The Kier molecular flexibility index (Phi) is 5.35. The molecule has 0 unspecified atom stereocenters. The first-order valence-electron chi connectivity index (χ1n) is 8.46. The zero-order valence-corrected chi connectivity index (χ0v) is 15.7. The van der Waals surface area contributed by atoms with E-state index in [1.165, 1.54) is 42.5 Å². The van der Waals surface area contributed by atoms with Gasteiger partial charge in [-0.1, -0.05) is 24.3 Å². The van der Waals surface area contributed by atoms with Crippen molar-refractivity contribution in [2.75, 3.05) is 0 Å². The lowest BCUT2D eigenvalue weighted by atomic mass is 10.2. The zero-order chi connectivity index (χ0) is 20.1. The number of carbonyl (C=O) groups is 1. The lowest BCUT2D eigenvalue weighted by Crippen LogP contribution is -1.94. The first-order chi connectivity index (χ1) is 14.2. The Morgan fingerprint density at radius 1 is 1.00 bits per heavy atom. The molecule has 0 aliphatic carbocycles. The van der Waals surface area contributed by atoms with E-state index in [-0.39, 0.29) is 11.5 Å². The van der Waals surface area contributed by atoms with Gasteiger partial charge in [0.15, 0.2) is 0 Å². The summed E-state index contributed by atoms with van der Waals surface area (Å²) in [6.45, 7) is 0. The van der Waals surface area contributed by atoms with Crippen molar-refractivity contribution < 1.29 is 23.2 Å². The lowest BCUT2D eigenvalue weighted by Gasteiger charge is -1.95. The van der Waals surface area contributed by atoms with Crippen molar-refractivity contribution in [3.8, 4) is 0 Å². The highest BCUT2D eigenvalue weighted by Crippen LogP contribution is 2.27. The number of thiophene rings is 1. The molecule has 0 amide bonds. The highest BCUT2D eigenvalue weighted by atomic mass is 32.1. The summed E-state index contributed by atoms with van der Waals surface area (Å²) in [6, 6.07) is 13.6. The number of carboxylic acids is 1. The molecular weight excluding hydrogens is 392 g/mol. The first-order valence-corrected chi connectivity index (χ1v) is 9.34. The van der Waals surface area contributed by atoms with Gasteiger partial charge in [-0.25, -0.2) is 14.8 Å². The fourth-order valence-corrected chi connectivity index (χ4v) is 3.44. The van der Waals surface area contributed by atoms with Gasteiger partial charge in [-0.05, 0) is 29.7 Å². The molecule has 29 heavy (non-hydrogen) atoms. The molecular formula is C21H14N2O5S. The molecule has 0 spiro atoms. The maximum atomic E-state index is 11.8. The number of nitrogens with zero attached hydrogens (tertiary/aromatic N) is 2. The maximum Gasteiger partial charge on any atom is 0.371 e. The molecule has 0 saturated heterocycles. The van der Waals surface area contributed by atoms with Crippen molar-refractivity contribution in [1.82, 2.24) is 9.97 Å². The third-order valence-corrected chi connectivity index (χ3v) is 4.72. The summed E-state index contributed by atoms with van der Waals surface area (Å²) in [4.78, 5) is 20.9. The molecule has 0 radical (unpaired) electrons. The Bertz CT molecular complexity index is 1360. The van der Waals surface area contributed by atoms with Crippen LogP contribution in [0.2, 0.25) is 0 Å². The van der Waals surface area contributed by atoms with Gasteiger partial charge in [-0.15, -0.1) is 11.3 Å². The van der Waals surface area contributed by atoms with Crippen LogP contribution in [0.4, 0.5) is 0 Å². The van der Waals surface area contributed by atoms with Gasteiger partial charge in [0.05, 0.1) is 11.6 Å². The van der Waals surface area contributed by atoms with Crippen LogP contribution in [0.1, 0.15) is 10.6 Å². The maximum absolute atomic E-state index is 11.8. The Morgan fingerprint density at radius 2 is 1.93 bits per heavy atom. The Balaban J connectivity index is 2.14. The van der Waals surface area contributed by atoms with E-state index in [1.807, 2.05) is 11.4 Å². The van der Waals surface area contributed by atoms with Crippen molar-refractivity contribution in [1.29, 1.82) is 0 Å². The average Bonchev–Trinajstić information content (AvgIpc) is 3.13.